The SMILES string of the molecule is Cc1ccc(NC(=O)c2cc(C(F)(F)F)ccn2)cc1C#Cc1ccc2c(c1)ncn2-c1cnn(CCN(C)C)c1. The molecule has 208 valence electrons. The number of pyridine rings is 1. The van der Waals surface area contributed by atoms with Crippen molar-refractivity contribution in [1.29, 1.82) is 0 Å². The lowest BCUT2D eigenvalue weighted by atomic mass is 10.1. The number of amides is 1. The van der Waals surface area contributed by atoms with Crippen LogP contribution in [0.15, 0.2) is 73.4 Å². The number of carbonyl (C=O) groups excluding carboxylic acids is 1. The van der Waals surface area contributed by atoms with Crippen molar-refractivity contribution in [1.82, 2.24) is 29.2 Å². The summed E-state index contributed by atoms with van der Waals surface area (Å²) in [6.45, 7) is 3.55. The molecule has 8 nitrogen and oxygen atoms in total. The molecule has 0 saturated heterocycles. The molecule has 0 aliphatic heterocycles. The number of likely N-dealkylation sites (N-methyl/N-ethyl adjacent to an activating group) is 1. The average Bonchev–Trinajstić information content (AvgIpc) is 3.58. The number of rotatable bonds is 6. The first-order valence-electron chi connectivity index (χ1n) is 12.7. The van der Waals surface area contributed by atoms with E-state index < -0.39 is 17.6 Å². The fourth-order valence-electron chi connectivity index (χ4n) is 4.10. The van der Waals surface area contributed by atoms with Crippen LogP contribution in [0.5, 0.6) is 0 Å². The van der Waals surface area contributed by atoms with Gasteiger partial charge in [0.15, 0.2) is 0 Å². The largest absolute Gasteiger partial charge is 0.416 e. The van der Waals surface area contributed by atoms with Gasteiger partial charge in [0.25, 0.3) is 5.91 Å². The molecule has 0 aliphatic rings. The van der Waals surface area contributed by atoms with Crippen LogP contribution in [-0.4, -0.2) is 55.8 Å². The summed E-state index contributed by atoms with van der Waals surface area (Å²) in [4.78, 5) is 23.0. The highest BCUT2D eigenvalue weighted by Gasteiger charge is 2.31. The zero-order chi connectivity index (χ0) is 29.1. The second-order valence-corrected chi connectivity index (χ2v) is 9.74. The smallest absolute Gasteiger partial charge is 0.321 e. The molecule has 0 aliphatic carbocycles. The van der Waals surface area contributed by atoms with Crippen molar-refractivity contribution < 1.29 is 18.0 Å². The standard InChI is InChI=1S/C30H26F3N7O/c1-20-4-8-24(37-29(41)27-16-23(10-11-34-27)30(31,32)33)15-22(20)7-5-21-6-9-28-26(14-21)35-19-40(28)25-17-36-39(18-25)13-12-38(2)3/h4,6,8-11,14-19H,12-13H2,1-3H3,(H,37,41). The van der Waals surface area contributed by atoms with Gasteiger partial charge in [-0.15, -0.1) is 0 Å². The average molecular weight is 558 g/mol. The molecule has 0 unspecified atom stereocenters. The maximum Gasteiger partial charge on any atom is 0.416 e. The van der Waals surface area contributed by atoms with Crippen LogP contribution in [0.2, 0.25) is 0 Å². The minimum absolute atomic E-state index is 0.332. The first-order valence-corrected chi connectivity index (χ1v) is 12.7. The number of hydrogen-bond donors (Lipinski definition) is 1. The monoisotopic (exact) mass is 557 g/mol. The summed E-state index contributed by atoms with van der Waals surface area (Å²) in [6.07, 6.45) is 1.94. The van der Waals surface area contributed by atoms with Gasteiger partial charge in [-0.25, -0.2) is 4.98 Å². The summed E-state index contributed by atoms with van der Waals surface area (Å²) in [6, 6.07) is 12.4. The Hall–Kier alpha value is -4.95. The maximum absolute atomic E-state index is 13.0. The van der Waals surface area contributed by atoms with Gasteiger partial charge in [-0.1, -0.05) is 17.9 Å². The third kappa shape index (κ3) is 6.45. The van der Waals surface area contributed by atoms with Crippen molar-refractivity contribution in [2.24, 2.45) is 0 Å². The molecule has 0 saturated carbocycles. The van der Waals surface area contributed by atoms with Crippen molar-refractivity contribution in [2.45, 2.75) is 19.6 Å². The number of benzene rings is 2. The van der Waals surface area contributed by atoms with Gasteiger partial charge in [-0.2, -0.15) is 18.3 Å². The van der Waals surface area contributed by atoms with Crippen LogP contribution in [0.25, 0.3) is 16.7 Å². The van der Waals surface area contributed by atoms with Crippen molar-refractivity contribution in [2.75, 3.05) is 26.0 Å². The Morgan fingerprint density at radius 1 is 1.05 bits per heavy atom. The van der Waals surface area contributed by atoms with Gasteiger partial charge in [0.05, 0.1) is 35.0 Å². The molecule has 11 heteroatoms. The molecule has 1 N–H and O–H groups in total. The quantitative estimate of drug-likeness (QED) is 0.292. The fourth-order valence-corrected chi connectivity index (χ4v) is 4.10. The zero-order valence-corrected chi connectivity index (χ0v) is 22.6. The van der Waals surface area contributed by atoms with Crippen molar-refractivity contribution >= 4 is 22.6 Å². The molecule has 2 aromatic carbocycles. The maximum atomic E-state index is 13.0. The Morgan fingerprint density at radius 3 is 2.66 bits per heavy atom. The van der Waals surface area contributed by atoms with Crippen LogP contribution in [-0.2, 0) is 12.7 Å². The minimum atomic E-state index is -4.57. The second-order valence-electron chi connectivity index (χ2n) is 9.74. The number of alkyl halides is 3. The third-order valence-electron chi connectivity index (χ3n) is 6.38. The molecule has 3 aromatic heterocycles. The highest BCUT2D eigenvalue weighted by molar-refractivity contribution is 6.03. The predicted octanol–water partition coefficient (Wildman–Crippen LogP) is 5.16. The Morgan fingerprint density at radius 2 is 1.88 bits per heavy atom. The van der Waals surface area contributed by atoms with Crippen LogP contribution in [0, 0.1) is 18.8 Å². The van der Waals surface area contributed by atoms with Gasteiger partial charge in [0, 0.05) is 35.8 Å². The molecule has 41 heavy (non-hydrogen) atoms. The summed E-state index contributed by atoms with van der Waals surface area (Å²) < 4.78 is 42.9. The van der Waals surface area contributed by atoms with E-state index in [1.807, 2.05) is 60.9 Å². The summed E-state index contributed by atoms with van der Waals surface area (Å²) in [5.41, 5.74) is 4.04. The Balaban J connectivity index is 1.33. The summed E-state index contributed by atoms with van der Waals surface area (Å²) in [7, 11) is 4.04. The number of hydrogen-bond acceptors (Lipinski definition) is 5. The van der Waals surface area contributed by atoms with E-state index in [1.54, 1.807) is 24.5 Å². The molecule has 0 fully saturated rings. The van der Waals surface area contributed by atoms with Crippen LogP contribution >= 0.6 is 0 Å². The number of aryl methyl sites for hydroxylation is 1. The van der Waals surface area contributed by atoms with Crippen LogP contribution in [0.1, 0.15) is 32.7 Å². The van der Waals surface area contributed by atoms with Gasteiger partial charge in [-0.3, -0.25) is 19.0 Å². The van der Waals surface area contributed by atoms with Crippen molar-refractivity contribution in [3.8, 4) is 17.5 Å². The van der Waals surface area contributed by atoms with Gasteiger partial charge in [0.2, 0.25) is 0 Å². The van der Waals surface area contributed by atoms with E-state index in [0.717, 1.165) is 59.3 Å². The Labute approximate surface area is 234 Å². The first-order chi connectivity index (χ1) is 19.6. The lowest BCUT2D eigenvalue weighted by Crippen LogP contribution is -2.18. The highest BCUT2D eigenvalue weighted by atomic mass is 19.4. The van der Waals surface area contributed by atoms with Crippen molar-refractivity contribution in [3.05, 3.63) is 101 Å². The van der Waals surface area contributed by atoms with Gasteiger partial charge >= 0.3 is 6.18 Å². The molecule has 0 spiro atoms. The minimum Gasteiger partial charge on any atom is -0.321 e. The fraction of sp³-hybridized carbons (Fsp3) is 0.200. The lowest BCUT2D eigenvalue weighted by Gasteiger charge is -2.09. The lowest BCUT2D eigenvalue weighted by molar-refractivity contribution is -0.137. The van der Waals surface area contributed by atoms with Crippen molar-refractivity contribution in [3.63, 3.8) is 0 Å². The second kappa shape index (κ2) is 11.3. The third-order valence-corrected chi connectivity index (χ3v) is 6.38. The van der Waals surface area contributed by atoms with Crippen LogP contribution < -0.4 is 5.32 Å². The van der Waals surface area contributed by atoms with E-state index in [2.05, 4.69) is 37.1 Å². The van der Waals surface area contributed by atoms with Gasteiger partial charge < -0.3 is 10.2 Å². The van der Waals surface area contributed by atoms with Gasteiger partial charge in [-0.05, 0) is 69.0 Å². The summed E-state index contributed by atoms with van der Waals surface area (Å²) in [5, 5.41) is 7.04. The number of nitrogens with one attached hydrogen (secondary N) is 1. The number of anilines is 1. The van der Waals surface area contributed by atoms with Gasteiger partial charge in [0.1, 0.15) is 12.0 Å². The van der Waals surface area contributed by atoms with E-state index in [4.69, 9.17) is 0 Å². The summed E-state index contributed by atoms with van der Waals surface area (Å²) in [5.74, 6) is 5.52. The van der Waals surface area contributed by atoms with Crippen LogP contribution in [0.4, 0.5) is 18.9 Å². The van der Waals surface area contributed by atoms with E-state index in [-0.39, 0.29) is 5.69 Å². The molecule has 5 aromatic rings. The molecule has 0 radical (unpaired) electrons. The number of halogens is 3. The topological polar surface area (TPSA) is 80.9 Å². The molecule has 5 rings (SSSR count). The molecular formula is C30H26F3N7O. The van der Waals surface area contributed by atoms with E-state index in [9.17, 15) is 18.0 Å². The number of fused-ring (bicyclic) bond motifs is 1. The van der Waals surface area contributed by atoms with E-state index in [1.165, 1.54) is 0 Å². The normalized spacial score (nSPS) is 11.5. The summed E-state index contributed by atoms with van der Waals surface area (Å²) >= 11 is 0. The predicted molar refractivity (Wildman–Crippen MR) is 150 cm³/mol. The Bertz CT molecular complexity index is 1790. The Kier molecular flexibility index (Phi) is 7.59. The molecule has 3 heterocycles. The molecular weight excluding hydrogens is 531 g/mol. The zero-order valence-electron chi connectivity index (χ0n) is 22.6. The van der Waals surface area contributed by atoms with E-state index >= 15 is 0 Å². The highest BCUT2D eigenvalue weighted by Crippen LogP contribution is 2.29. The molecule has 0 atom stereocenters. The number of aromatic nitrogens is 5. The number of imidazole rings is 1. The molecule has 1 amide bonds. The van der Waals surface area contributed by atoms with Crippen LogP contribution in [0.3, 0.4) is 0 Å². The van der Waals surface area contributed by atoms with E-state index in [0.29, 0.717) is 11.3 Å². The number of carbonyl (C=O) groups is 1. The number of nitrogens with zero attached hydrogens (tertiary/aromatic N) is 6. The first kappa shape index (κ1) is 27.6. The molecule has 0 bridgehead atoms.